The maximum atomic E-state index is 11.0. The Morgan fingerprint density at radius 1 is 1.00 bits per heavy atom. The monoisotopic (exact) mass is 316 g/mol. The van der Waals surface area contributed by atoms with Crippen LogP contribution in [0.5, 0.6) is 17.2 Å². The topological polar surface area (TPSA) is 65.0 Å². The zero-order chi connectivity index (χ0) is 16.8. The van der Waals surface area contributed by atoms with Crippen LogP contribution in [0.4, 0.5) is 0 Å². The van der Waals surface area contributed by atoms with Crippen molar-refractivity contribution >= 4 is 5.97 Å². The first-order chi connectivity index (χ1) is 11.0. The molecule has 122 valence electrons. The number of carboxylic acids is 1. The Balaban J connectivity index is 1.97. The Bertz CT molecular complexity index is 694. The van der Waals surface area contributed by atoms with Gasteiger partial charge in [0.2, 0.25) is 0 Å². The molecule has 0 aliphatic rings. The normalized spacial score (nSPS) is 10.2. The van der Waals surface area contributed by atoms with Crippen LogP contribution < -0.4 is 14.2 Å². The molecule has 0 aromatic heterocycles. The molecule has 5 heteroatoms. The number of methoxy groups -OCH3 is 1. The first-order valence-electron chi connectivity index (χ1n) is 7.26. The highest BCUT2D eigenvalue weighted by Gasteiger charge is 2.10. The predicted molar refractivity (Wildman–Crippen MR) is 86.9 cm³/mol. The number of benzene rings is 2. The number of ether oxygens (including phenoxy) is 3. The fourth-order valence-corrected chi connectivity index (χ4v) is 2.11. The van der Waals surface area contributed by atoms with Crippen LogP contribution in [0.3, 0.4) is 0 Å². The van der Waals surface area contributed by atoms with Crippen LogP contribution in [0, 0.1) is 13.8 Å². The van der Waals surface area contributed by atoms with Gasteiger partial charge in [-0.1, -0.05) is 12.1 Å². The molecule has 2 aromatic rings. The van der Waals surface area contributed by atoms with Crippen molar-refractivity contribution in [2.75, 3.05) is 20.3 Å². The summed E-state index contributed by atoms with van der Waals surface area (Å²) in [5.41, 5.74) is 2.41. The van der Waals surface area contributed by atoms with Crippen molar-refractivity contribution in [3.05, 3.63) is 53.1 Å². The minimum absolute atomic E-state index is 0.149. The second kappa shape index (κ2) is 7.54. The first-order valence-corrected chi connectivity index (χ1v) is 7.26. The maximum Gasteiger partial charge on any atom is 0.335 e. The highest BCUT2D eigenvalue weighted by atomic mass is 16.5. The lowest BCUT2D eigenvalue weighted by molar-refractivity contribution is 0.0696. The van der Waals surface area contributed by atoms with Crippen LogP contribution in [0.2, 0.25) is 0 Å². The van der Waals surface area contributed by atoms with E-state index in [0.29, 0.717) is 18.1 Å². The molecule has 0 spiro atoms. The van der Waals surface area contributed by atoms with Crippen LogP contribution in [-0.2, 0) is 0 Å². The molecule has 0 bridgehead atoms. The van der Waals surface area contributed by atoms with E-state index < -0.39 is 5.97 Å². The summed E-state index contributed by atoms with van der Waals surface area (Å²) in [6.07, 6.45) is 0. The molecule has 1 N–H and O–H groups in total. The Kier molecular flexibility index (Phi) is 5.46. The molecule has 0 saturated carbocycles. The number of carbonyl (C=O) groups is 1. The van der Waals surface area contributed by atoms with Crippen molar-refractivity contribution in [1.82, 2.24) is 0 Å². The van der Waals surface area contributed by atoms with Gasteiger partial charge >= 0.3 is 5.97 Å². The number of hydrogen-bond acceptors (Lipinski definition) is 4. The second-order valence-electron chi connectivity index (χ2n) is 5.07. The quantitative estimate of drug-likeness (QED) is 0.792. The highest BCUT2D eigenvalue weighted by Crippen LogP contribution is 2.28. The summed E-state index contributed by atoms with van der Waals surface area (Å²) in [5, 5.41) is 9.03. The van der Waals surface area contributed by atoms with Gasteiger partial charge in [0.05, 0.1) is 12.7 Å². The summed E-state index contributed by atoms with van der Waals surface area (Å²) in [5.74, 6) is 0.683. The number of hydrogen-bond donors (Lipinski definition) is 1. The van der Waals surface area contributed by atoms with Gasteiger partial charge in [-0.05, 0) is 49.2 Å². The van der Waals surface area contributed by atoms with Crippen molar-refractivity contribution < 1.29 is 24.1 Å². The Hall–Kier alpha value is -2.69. The summed E-state index contributed by atoms with van der Waals surface area (Å²) >= 11 is 0. The molecule has 0 aliphatic heterocycles. The van der Waals surface area contributed by atoms with Crippen molar-refractivity contribution in [1.29, 1.82) is 0 Å². The minimum atomic E-state index is -1.01. The Morgan fingerprint density at radius 3 is 2.35 bits per heavy atom. The lowest BCUT2D eigenvalue weighted by Gasteiger charge is -2.13. The largest absolute Gasteiger partial charge is 0.493 e. The van der Waals surface area contributed by atoms with Gasteiger partial charge in [0.15, 0.2) is 11.5 Å². The van der Waals surface area contributed by atoms with E-state index in [0.717, 1.165) is 11.3 Å². The molecule has 0 aliphatic carbocycles. The van der Waals surface area contributed by atoms with Crippen LogP contribution in [-0.4, -0.2) is 31.4 Å². The van der Waals surface area contributed by atoms with Crippen LogP contribution in [0.15, 0.2) is 36.4 Å². The van der Waals surface area contributed by atoms with E-state index in [1.165, 1.54) is 24.8 Å². The molecule has 0 heterocycles. The van der Waals surface area contributed by atoms with E-state index in [1.54, 1.807) is 6.07 Å². The molecule has 5 nitrogen and oxygen atoms in total. The summed E-state index contributed by atoms with van der Waals surface area (Å²) in [6, 6.07) is 10.4. The smallest absolute Gasteiger partial charge is 0.335 e. The third kappa shape index (κ3) is 4.16. The number of aromatic carboxylic acids is 1. The molecular formula is C18H20O5. The average molecular weight is 316 g/mol. The third-order valence-electron chi connectivity index (χ3n) is 3.56. The zero-order valence-electron chi connectivity index (χ0n) is 13.5. The first kappa shape index (κ1) is 16.7. The second-order valence-corrected chi connectivity index (χ2v) is 5.07. The van der Waals surface area contributed by atoms with Gasteiger partial charge in [-0.2, -0.15) is 0 Å². The van der Waals surface area contributed by atoms with Gasteiger partial charge in [0, 0.05) is 0 Å². The van der Waals surface area contributed by atoms with E-state index >= 15 is 0 Å². The van der Waals surface area contributed by atoms with E-state index in [2.05, 4.69) is 0 Å². The van der Waals surface area contributed by atoms with Crippen molar-refractivity contribution in [2.45, 2.75) is 13.8 Å². The maximum absolute atomic E-state index is 11.0. The summed E-state index contributed by atoms with van der Waals surface area (Å²) in [7, 11) is 1.51. The molecule has 23 heavy (non-hydrogen) atoms. The number of carboxylic acid groups (broad SMARTS) is 1. The molecule has 0 amide bonds. The third-order valence-corrected chi connectivity index (χ3v) is 3.56. The lowest BCUT2D eigenvalue weighted by atomic mass is 10.1. The molecule has 2 aromatic carbocycles. The van der Waals surface area contributed by atoms with Gasteiger partial charge in [0.1, 0.15) is 19.0 Å². The summed E-state index contributed by atoms with van der Waals surface area (Å²) in [6.45, 7) is 4.67. The molecular weight excluding hydrogens is 296 g/mol. The van der Waals surface area contributed by atoms with E-state index in [-0.39, 0.29) is 12.2 Å². The van der Waals surface area contributed by atoms with Crippen molar-refractivity contribution in [2.24, 2.45) is 0 Å². The van der Waals surface area contributed by atoms with Gasteiger partial charge in [-0.3, -0.25) is 0 Å². The minimum Gasteiger partial charge on any atom is -0.493 e. The van der Waals surface area contributed by atoms with Crippen LogP contribution in [0.25, 0.3) is 0 Å². The summed E-state index contributed by atoms with van der Waals surface area (Å²) in [4.78, 5) is 11.0. The van der Waals surface area contributed by atoms with Gasteiger partial charge in [0.25, 0.3) is 0 Å². The van der Waals surface area contributed by atoms with E-state index in [4.69, 9.17) is 19.3 Å². The molecule has 0 unspecified atom stereocenters. The fraction of sp³-hybridized carbons (Fsp3) is 0.278. The zero-order valence-corrected chi connectivity index (χ0v) is 13.5. The van der Waals surface area contributed by atoms with Crippen LogP contribution >= 0.6 is 0 Å². The summed E-state index contributed by atoms with van der Waals surface area (Å²) < 4.78 is 16.5. The van der Waals surface area contributed by atoms with Crippen molar-refractivity contribution in [3.8, 4) is 17.2 Å². The van der Waals surface area contributed by atoms with E-state index in [9.17, 15) is 4.79 Å². The number of rotatable bonds is 7. The van der Waals surface area contributed by atoms with E-state index in [1.807, 2.05) is 32.0 Å². The van der Waals surface area contributed by atoms with Crippen molar-refractivity contribution in [3.63, 3.8) is 0 Å². The highest BCUT2D eigenvalue weighted by molar-refractivity contribution is 5.88. The van der Waals surface area contributed by atoms with Crippen LogP contribution in [0.1, 0.15) is 21.5 Å². The number of aryl methyl sites for hydroxylation is 1. The molecule has 0 atom stereocenters. The Morgan fingerprint density at radius 2 is 1.70 bits per heavy atom. The predicted octanol–water partition coefficient (Wildman–Crippen LogP) is 3.47. The molecule has 2 rings (SSSR count). The lowest BCUT2D eigenvalue weighted by Crippen LogP contribution is -2.11. The fourth-order valence-electron chi connectivity index (χ4n) is 2.11. The SMILES string of the molecule is COc1ccc(C(=O)O)cc1OCCOc1cccc(C)c1C. The molecule has 0 fully saturated rings. The average Bonchev–Trinajstić information content (AvgIpc) is 2.55. The van der Waals surface area contributed by atoms with Gasteiger partial charge in [-0.25, -0.2) is 4.79 Å². The Labute approximate surface area is 135 Å². The standard InChI is InChI=1S/C18H20O5/c1-12-5-4-6-15(13(12)2)22-9-10-23-17-11-14(18(19)20)7-8-16(17)21-3/h4-8,11H,9-10H2,1-3H3,(H,19,20). The van der Waals surface area contributed by atoms with Gasteiger partial charge < -0.3 is 19.3 Å². The molecule has 0 saturated heterocycles. The van der Waals surface area contributed by atoms with Gasteiger partial charge in [-0.15, -0.1) is 0 Å². The molecule has 0 radical (unpaired) electrons.